The van der Waals surface area contributed by atoms with Crippen molar-refractivity contribution in [2.24, 2.45) is 17.8 Å². The SMILES string of the molecule is CCOC(=O)[C@@H](C)OP(=O)(COc1ccc(C[C@H](NC(=O)O[C@H]2CO[C@H]3OCC[C@H]32)[C@@H](CN(CC(C)C)S(=O)(=O)c2ccc(OC)cc2)OC(=O)[C@@H](NC(=O)OC(C)(C)C)C(C)C)cc1)Oc1ccccc1. The van der Waals surface area contributed by atoms with Gasteiger partial charge < -0.3 is 53.1 Å². The number of carbonyl (C=O) groups excluding carboxylic acids is 4. The molecule has 3 aromatic carbocycles. The van der Waals surface area contributed by atoms with Crippen molar-refractivity contribution in [1.29, 1.82) is 0 Å². The lowest BCUT2D eigenvalue weighted by Gasteiger charge is -2.34. The Kier molecular flexibility index (Phi) is 20.7. The smallest absolute Gasteiger partial charge is 0.417 e. The monoisotopic (exact) mass is 1050 g/mol. The number of carbonyl (C=O) groups is 4. The molecule has 398 valence electrons. The standard InChI is InChI=1S/C50H70N3O17PS/c1-11-62-45(54)34(6)69-71(58,70-38-15-13-12-14-16-38)31-65-37-19-17-35(18-20-37)27-41(51-48(56)67-43-30-64-47-40(43)25-26-63-47)42(66-46(55)44(33(4)5)52-49(57)68-50(7,8)9)29-53(28-32(2)3)72(59,60)39-23-21-36(61-10)22-24-39/h12-24,32-34,40-44,47H,11,25-31H2,1-10H3,(H,51,56)(H,52,57)/t34-,40+,41+,42-,43+,44+,47-,71?/m1/s1. The first-order valence-electron chi connectivity index (χ1n) is 23.9. The van der Waals surface area contributed by atoms with Gasteiger partial charge in [0.1, 0.15) is 41.1 Å². The predicted molar refractivity (Wildman–Crippen MR) is 263 cm³/mol. The largest absolute Gasteiger partial charge is 0.497 e. The minimum atomic E-state index is -4.31. The van der Waals surface area contributed by atoms with Crippen LogP contribution in [0.5, 0.6) is 17.2 Å². The molecule has 0 spiro atoms. The Labute approximate surface area is 422 Å². The molecule has 2 amide bonds. The summed E-state index contributed by atoms with van der Waals surface area (Å²) in [6.07, 6.45) is -5.76. The summed E-state index contributed by atoms with van der Waals surface area (Å²) in [5.41, 5.74) is -0.360. The summed E-state index contributed by atoms with van der Waals surface area (Å²) in [7, 11) is -7.04. The molecule has 8 atom stereocenters. The third-order valence-corrected chi connectivity index (χ3v) is 14.6. The van der Waals surface area contributed by atoms with Gasteiger partial charge in [-0.15, -0.1) is 0 Å². The predicted octanol–water partition coefficient (Wildman–Crippen LogP) is 7.48. The lowest BCUT2D eigenvalue weighted by atomic mass is 10.00. The second kappa shape index (κ2) is 26.0. The van der Waals surface area contributed by atoms with Crippen LogP contribution in [0.2, 0.25) is 0 Å². The summed E-state index contributed by atoms with van der Waals surface area (Å²) in [6.45, 7) is 15.2. The van der Waals surface area contributed by atoms with Gasteiger partial charge in [-0.1, -0.05) is 58.0 Å². The van der Waals surface area contributed by atoms with Crippen LogP contribution >= 0.6 is 7.60 Å². The zero-order chi connectivity index (χ0) is 52.8. The number of fused-ring (bicyclic) bond motifs is 1. The molecule has 0 aromatic heterocycles. The average molecular weight is 1050 g/mol. The lowest BCUT2D eigenvalue weighted by Crippen LogP contribution is -2.55. The number of ether oxygens (including phenoxy) is 8. The third kappa shape index (κ3) is 17.1. The van der Waals surface area contributed by atoms with E-state index in [-0.39, 0.29) is 54.4 Å². The molecule has 2 N–H and O–H groups in total. The van der Waals surface area contributed by atoms with E-state index in [1.54, 1.807) is 96.1 Å². The van der Waals surface area contributed by atoms with E-state index in [0.717, 1.165) is 0 Å². The third-order valence-electron chi connectivity index (χ3n) is 11.2. The van der Waals surface area contributed by atoms with Gasteiger partial charge in [0.25, 0.3) is 0 Å². The quantitative estimate of drug-likeness (QED) is 0.0475. The van der Waals surface area contributed by atoms with E-state index >= 15 is 0 Å². The van der Waals surface area contributed by atoms with Crippen LogP contribution in [0.3, 0.4) is 0 Å². The number of methoxy groups -OCH3 is 1. The van der Waals surface area contributed by atoms with Crippen molar-refractivity contribution in [1.82, 2.24) is 14.9 Å². The van der Waals surface area contributed by atoms with Crippen LogP contribution in [0.1, 0.15) is 74.3 Å². The Hall–Kier alpha value is -5.44. The van der Waals surface area contributed by atoms with Crippen molar-refractivity contribution in [2.45, 2.75) is 122 Å². The Balaban J connectivity index is 1.51. The molecule has 2 heterocycles. The van der Waals surface area contributed by atoms with Gasteiger partial charge in [-0.05, 0) is 113 Å². The van der Waals surface area contributed by atoms with Crippen molar-refractivity contribution >= 4 is 41.7 Å². The molecule has 22 heteroatoms. The number of sulfonamides is 1. The molecule has 0 saturated carbocycles. The van der Waals surface area contributed by atoms with Crippen LogP contribution in [0.4, 0.5) is 9.59 Å². The summed E-state index contributed by atoms with van der Waals surface area (Å²) in [6, 6.07) is 18.0. The maximum Gasteiger partial charge on any atom is 0.417 e. The van der Waals surface area contributed by atoms with Crippen LogP contribution < -0.4 is 24.6 Å². The summed E-state index contributed by atoms with van der Waals surface area (Å²) >= 11 is 0. The van der Waals surface area contributed by atoms with Crippen molar-refractivity contribution in [3.63, 3.8) is 0 Å². The van der Waals surface area contributed by atoms with Crippen LogP contribution in [-0.2, 0) is 63.5 Å². The van der Waals surface area contributed by atoms with Crippen molar-refractivity contribution in [3.8, 4) is 17.2 Å². The molecule has 72 heavy (non-hydrogen) atoms. The second-order valence-electron chi connectivity index (χ2n) is 19.1. The zero-order valence-electron chi connectivity index (χ0n) is 42.6. The van der Waals surface area contributed by atoms with E-state index in [1.807, 2.05) is 13.8 Å². The summed E-state index contributed by atoms with van der Waals surface area (Å²) in [5, 5.41) is 5.48. The average Bonchev–Trinajstić information content (AvgIpc) is 3.94. The first-order chi connectivity index (χ1) is 34.0. The van der Waals surface area contributed by atoms with Crippen LogP contribution in [0.25, 0.3) is 0 Å². The summed E-state index contributed by atoms with van der Waals surface area (Å²) < 4.78 is 101. The van der Waals surface area contributed by atoms with E-state index in [0.29, 0.717) is 24.3 Å². The van der Waals surface area contributed by atoms with Crippen LogP contribution in [0, 0.1) is 17.8 Å². The minimum absolute atomic E-state index is 0.0298. The molecule has 2 aliphatic heterocycles. The van der Waals surface area contributed by atoms with Gasteiger partial charge >= 0.3 is 31.7 Å². The number of nitrogens with zero attached hydrogens (tertiary/aromatic N) is 1. The molecule has 0 aliphatic carbocycles. The molecule has 0 radical (unpaired) electrons. The molecule has 0 bridgehead atoms. The van der Waals surface area contributed by atoms with Gasteiger partial charge in [0.2, 0.25) is 16.4 Å². The van der Waals surface area contributed by atoms with Gasteiger partial charge in [-0.2, -0.15) is 4.31 Å². The van der Waals surface area contributed by atoms with E-state index in [4.69, 9.17) is 46.9 Å². The van der Waals surface area contributed by atoms with Gasteiger partial charge in [0.05, 0.1) is 50.3 Å². The minimum Gasteiger partial charge on any atom is -0.497 e. The fraction of sp³-hybridized carbons (Fsp3) is 0.560. The van der Waals surface area contributed by atoms with Gasteiger partial charge in [0.15, 0.2) is 12.4 Å². The highest BCUT2D eigenvalue weighted by Crippen LogP contribution is 2.49. The molecular weight excluding hydrogens is 978 g/mol. The zero-order valence-corrected chi connectivity index (χ0v) is 44.3. The van der Waals surface area contributed by atoms with E-state index in [2.05, 4.69) is 10.6 Å². The summed E-state index contributed by atoms with van der Waals surface area (Å²) in [5.74, 6) is -1.80. The molecule has 2 saturated heterocycles. The number of benzene rings is 3. The molecule has 3 aromatic rings. The maximum atomic E-state index is 14.6. The Morgan fingerprint density at radius 1 is 0.833 bits per heavy atom. The highest BCUT2D eigenvalue weighted by atomic mass is 32.2. The summed E-state index contributed by atoms with van der Waals surface area (Å²) in [4.78, 5) is 54.0. The normalized spacial score (nSPS) is 19.3. The molecule has 20 nitrogen and oxygen atoms in total. The number of esters is 2. The van der Waals surface area contributed by atoms with Gasteiger partial charge in [-0.3, -0.25) is 4.52 Å². The lowest BCUT2D eigenvalue weighted by molar-refractivity contribution is -0.155. The second-order valence-corrected chi connectivity index (χ2v) is 22.9. The van der Waals surface area contributed by atoms with Crippen LogP contribution in [0.15, 0.2) is 83.8 Å². The number of hydrogen-bond acceptors (Lipinski definition) is 17. The van der Waals surface area contributed by atoms with Crippen LogP contribution in [-0.4, -0.2) is 126 Å². The van der Waals surface area contributed by atoms with Gasteiger partial charge in [-0.25, -0.2) is 32.2 Å². The van der Waals surface area contributed by atoms with Crippen molar-refractivity contribution in [3.05, 3.63) is 84.4 Å². The topological polar surface area (TPSA) is 239 Å². The number of alkyl carbamates (subject to hydrolysis) is 2. The number of nitrogens with one attached hydrogen (secondary N) is 2. The number of rotatable bonds is 25. The Bertz CT molecular complexity index is 2400. The maximum absolute atomic E-state index is 14.6. The van der Waals surface area contributed by atoms with E-state index < -0.39 is 103 Å². The molecule has 5 rings (SSSR count). The van der Waals surface area contributed by atoms with Gasteiger partial charge in [0, 0.05) is 6.54 Å². The van der Waals surface area contributed by atoms with Crippen molar-refractivity contribution in [2.75, 3.05) is 46.4 Å². The fourth-order valence-electron chi connectivity index (χ4n) is 7.72. The molecule has 2 fully saturated rings. The highest BCUT2D eigenvalue weighted by Gasteiger charge is 2.45. The molecule has 1 unspecified atom stereocenters. The van der Waals surface area contributed by atoms with Crippen molar-refractivity contribution < 1.29 is 79.1 Å². The Morgan fingerprint density at radius 2 is 1.50 bits per heavy atom. The molecule has 2 aliphatic rings. The number of para-hydroxylation sites is 1. The first kappa shape index (κ1) is 57.5. The van der Waals surface area contributed by atoms with E-state index in [1.165, 1.54) is 42.6 Å². The molecular formula is C50H70N3O17PS. The Morgan fingerprint density at radius 3 is 2.11 bits per heavy atom. The number of amides is 2. The number of hydrogen-bond donors (Lipinski definition) is 2. The fourth-order valence-corrected chi connectivity index (χ4v) is 10.8. The first-order valence-corrected chi connectivity index (χ1v) is 27.1. The van der Waals surface area contributed by atoms with E-state index in [9.17, 15) is 32.2 Å². The highest BCUT2D eigenvalue weighted by molar-refractivity contribution is 7.89.